The van der Waals surface area contributed by atoms with Crippen LogP contribution in [0.1, 0.15) is 17.2 Å². The van der Waals surface area contributed by atoms with Gasteiger partial charge in [-0.05, 0) is 17.7 Å². The van der Waals surface area contributed by atoms with E-state index in [1.165, 1.54) is 0 Å². The van der Waals surface area contributed by atoms with E-state index in [2.05, 4.69) is 5.16 Å². The largest absolute Gasteiger partial charge is 0.394 e. The Morgan fingerprint density at radius 1 is 1.13 bits per heavy atom. The van der Waals surface area contributed by atoms with E-state index in [0.717, 1.165) is 22.6 Å². The first-order chi connectivity index (χ1) is 11.2. The summed E-state index contributed by atoms with van der Waals surface area (Å²) < 4.78 is 0. The molecule has 2 unspecified atom stereocenters. The second-order valence-corrected chi connectivity index (χ2v) is 5.33. The lowest BCUT2D eigenvalue weighted by Gasteiger charge is -2.19. The Labute approximate surface area is 134 Å². The van der Waals surface area contributed by atoms with Gasteiger partial charge in [-0.15, -0.1) is 0 Å². The van der Waals surface area contributed by atoms with Gasteiger partial charge in [0.2, 0.25) is 0 Å². The van der Waals surface area contributed by atoms with Crippen molar-refractivity contribution in [3.05, 3.63) is 65.7 Å². The van der Waals surface area contributed by atoms with Crippen LogP contribution in [-0.2, 0) is 4.84 Å². The highest BCUT2D eigenvalue weighted by Gasteiger charge is 2.23. The van der Waals surface area contributed by atoms with Gasteiger partial charge >= 0.3 is 0 Å². The average Bonchev–Trinajstić information content (AvgIpc) is 3.11. The standard InChI is InChI=1S/C17H19N3O3/c18-16(15(22)10-21)12-6-8-13(9-7-12)17-19-23-11-20(17)14-4-2-1-3-5-14/h1-9,15-16,21-22H,10-11,18H2. The molecule has 0 bridgehead atoms. The first-order valence-corrected chi connectivity index (χ1v) is 7.38. The smallest absolute Gasteiger partial charge is 0.195 e. The van der Waals surface area contributed by atoms with Crippen molar-refractivity contribution >= 4 is 11.5 Å². The number of nitrogens with zero attached hydrogens (tertiary/aromatic N) is 2. The zero-order valence-electron chi connectivity index (χ0n) is 12.5. The number of oxime groups is 1. The molecule has 3 rings (SSSR count). The number of aliphatic hydroxyl groups excluding tert-OH is 2. The number of benzene rings is 2. The van der Waals surface area contributed by atoms with Crippen molar-refractivity contribution < 1.29 is 15.1 Å². The lowest BCUT2D eigenvalue weighted by molar-refractivity contribution is 0.0741. The van der Waals surface area contributed by atoms with E-state index in [9.17, 15) is 5.11 Å². The first-order valence-electron chi connectivity index (χ1n) is 7.38. The van der Waals surface area contributed by atoms with Gasteiger partial charge in [0.05, 0.1) is 18.8 Å². The molecule has 2 atom stereocenters. The Bertz CT molecular complexity index is 673. The van der Waals surface area contributed by atoms with Crippen LogP contribution in [0.25, 0.3) is 0 Å². The van der Waals surface area contributed by atoms with Crippen molar-refractivity contribution in [2.24, 2.45) is 10.9 Å². The number of rotatable bonds is 5. The van der Waals surface area contributed by atoms with Crippen LogP contribution in [0.15, 0.2) is 59.8 Å². The average molecular weight is 313 g/mol. The van der Waals surface area contributed by atoms with Crippen molar-refractivity contribution in [3.63, 3.8) is 0 Å². The number of hydrogen-bond donors (Lipinski definition) is 3. The molecular weight excluding hydrogens is 294 g/mol. The minimum absolute atomic E-state index is 0.365. The molecule has 0 saturated heterocycles. The maximum absolute atomic E-state index is 9.62. The molecular formula is C17H19N3O3. The maximum atomic E-state index is 9.62. The Morgan fingerprint density at radius 3 is 2.48 bits per heavy atom. The zero-order chi connectivity index (χ0) is 16.2. The van der Waals surface area contributed by atoms with Gasteiger partial charge in [0.25, 0.3) is 0 Å². The summed E-state index contributed by atoms with van der Waals surface area (Å²) >= 11 is 0. The summed E-state index contributed by atoms with van der Waals surface area (Å²) in [7, 11) is 0. The molecule has 6 nitrogen and oxygen atoms in total. The number of anilines is 1. The molecule has 23 heavy (non-hydrogen) atoms. The number of para-hydroxylation sites is 1. The van der Waals surface area contributed by atoms with E-state index in [0.29, 0.717) is 6.73 Å². The molecule has 2 aromatic carbocycles. The van der Waals surface area contributed by atoms with Crippen LogP contribution in [0, 0.1) is 0 Å². The topological polar surface area (TPSA) is 91.3 Å². The Hall–Kier alpha value is -2.41. The molecule has 4 N–H and O–H groups in total. The van der Waals surface area contributed by atoms with Crippen LogP contribution in [0.2, 0.25) is 0 Å². The Morgan fingerprint density at radius 2 is 1.83 bits per heavy atom. The number of nitrogens with two attached hydrogens (primary N) is 1. The lowest BCUT2D eigenvalue weighted by atomic mass is 10.0. The molecule has 6 heteroatoms. The summed E-state index contributed by atoms with van der Waals surface area (Å²) in [5.74, 6) is 0.721. The van der Waals surface area contributed by atoms with Crippen LogP contribution in [-0.4, -0.2) is 35.5 Å². The molecule has 1 aliphatic rings. The van der Waals surface area contributed by atoms with Crippen molar-refractivity contribution in [1.82, 2.24) is 0 Å². The zero-order valence-corrected chi connectivity index (χ0v) is 12.5. The maximum Gasteiger partial charge on any atom is 0.195 e. The highest BCUT2D eigenvalue weighted by Crippen LogP contribution is 2.22. The van der Waals surface area contributed by atoms with E-state index >= 15 is 0 Å². The third kappa shape index (κ3) is 3.19. The van der Waals surface area contributed by atoms with Gasteiger partial charge in [0.15, 0.2) is 12.6 Å². The van der Waals surface area contributed by atoms with Gasteiger partial charge in [-0.25, -0.2) is 0 Å². The number of aliphatic hydroxyl groups is 2. The summed E-state index contributed by atoms with van der Waals surface area (Å²) in [5, 5.41) is 22.7. The van der Waals surface area contributed by atoms with Crippen LogP contribution in [0.5, 0.6) is 0 Å². The van der Waals surface area contributed by atoms with Crippen molar-refractivity contribution in [2.75, 3.05) is 18.2 Å². The predicted octanol–water partition coefficient (Wildman–Crippen LogP) is 1.20. The summed E-state index contributed by atoms with van der Waals surface area (Å²) in [6.07, 6.45) is -0.978. The molecule has 1 heterocycles. The van der Waals surface area contributed by atoms with E-state index in [1.54, 1.807) is 0 Å². The molecule has 0 aromatic heterocycles. The third-order valence-corrected chi connectivity index (χ3v) is 3.82. The van der Waals surface area contributed by atoms with Gasteiger partial charge in [0, 0.05) is 11.3 Å². The number of hydrogen-bond acceptors (Lipinski definition) is 6. The summed E-state index contributed by atoms with van der Waals surface area (Å²) in [5.41, 5.74) is 8.54. The highest BCUT2D eigenvalue weighted by atomic mass is 16.7. The Kier molecular flexibility index (Phi) is 4.57. The monoisotopic (exact) mass is 313 g/mol. The van der Waals surface area contributed by atoms with Gasteiger partial charge < -0.3 is 20.8 Å². The Balaban J connectivity index is 1.82. The SMILES string of the molecule is NC(c1ccc(C2=NOCN2c2ccccc2)cc1)C(O)CO. The van der Waals surface area contributed by atoms with E-state index in [1.807, 2.05) is 59.5 Å². The van der Waals surface area contributed by atoms with E-state index < -0.39 is 12.1 Å². The fraction of sp³-hybridized carbons (Fsp3) is 0.235. The van der Waals surface area contributed by atoms with Crippen molar-refractivity contribution in [3.8, 4) is 0 Å². The van der Waals surface area contributed by atoms with Gasteiger partial charge in [-0.3, -0.25) is 4.90 Å². The molecule has 0 radical (unpaired) electrons. The third-order valence-electron chi connectivity index (χ3n) is 3.82. The van der Waals surface area contributed by atoms with Crippen LogP contribution < -0.4 is 10.6 Å². The van der Waals surface area contributed by atoms with Gasteiger partial charge in [0.1, 0.15) is 0 Å². The number of amidine groups is 1. The molecule has 2 aromatic rings. The van der Waals surface area contributed by atoms with Gasteiger partial charge in [-0.1, -0.05) is 47.6 Å². The lowest BCUT2D eigenvalue weighted by Crippen LogP contribution is -2.29. The minimum Gasteiger partial charge on any atom is -0.394 e. The normalized spacial score (nSPS) is 16.7. The van der Waals surface area contributed by atoms with Crippen LogP contribution in [0.3, 0.4) is 0 Å². The fourth-order valence-electron chi connectivity index (χ4n) is 2.46. The van der Waals surface area contributed by atoms with E-state index in [4.69, 9.17) is 15.7 Å². The predicted molar refractivity (Wildman–Crippen MR) is 87.9 cm³/mol. The molecule has 0 fully saturated rings. The molecule has 0 saturated carbocycles. The quantitative estimate of drug-likeness (QED) is 0.771. The molecule has 0 aliphatic carbocycles. The molecule has 120 valence electrons. The summed E-state index contributed by atoms with van der Waals surface area (Å²) in [4.78, 5) is 7.20. The fourth-order valence-corrected chi connectivity index (χ4v) is 2.46. The van der Waals surface area contributed by atoms with Crippen LogP contribution in [0.4, 0.5) is 5.69 Å². The van der Waals surface area contributed by atoms with Crippen LogP contribution >= 0.6 is 0 Å². The summed E-state index contributed by atoms with van der Waals surface area (Å²) in [6.45, 7) is -0.00487. The first kappa shape index (κ1) is 15.5. The second-order valence-electron chi connectivity index (χ2n) is 5.33. The molecule has 0 spiro atoms. The second kappa shape index (κ2) is 6.78. The highest BCUT2D eigenvalue weighted by molar-refractivity contribution is 6.10. The molecule has 0 amide bonds. The minimum atomic E-state index is -0.978. The van der Waals surface area contributed by atoms with E-state index in [-0.39, 0.29) is 6.61 Å². The summed E-state index contributed by atoms with van der Waals surface area (Å²) in [6, 6.07) is 16.6. The van der Waals surface area contributed by atoms with Crippen molar-refractivity contribution in [2.45, 2.75) is 12.1 Å². The van der Waals surface area contributed by atoms with Crippen molar-refractivity contribution in [1.29, 1.82) is 0 Å². The van der Waals surface area contributed by atoms with Gasteiger partial charge in [-0.2, -0.15) is 0 Å². The molecule has 1 aliphatic heterocycles.